The number of nitrogens with zero attached hydrogens (tertiary/aromatic N) is 7. The minimum Gasteiger partial charge on any atom is -0.422 e. The predicted octanol–water partition coefficient (Wildman–Crippen LogP) is 5.41. The molecule has 2 aliphatic rings. The van der Waals surface area contributed by atoms with Crippen LogP contribution in [0.5, 0.6) is 0 Å². The third-order valence-corrected chi connectivity index (χ3v) is 8.54. The van der Waals surface area contributed by atoms with Crippen LogP contribution in [0.4, 0.5) is 17.5 Å². The first-order chi connectivity index (χ1) is 20.1. The van der Waals surface area contributed by atoms with Crippen LogP contribution < -0.4 is 11.1 Å². The number of aromatic nitrogens is 5. The summed E-state index contributed by atoms with van der Waals surface area (Å²) in [5.74, 6) is 0.423. The second-order valence-corrected chi connectivity index (χ2v) is 11.4. The molecule has 1 aliphatic carbocycles. The Bertz CT molecular complexity index is 1760. The van der Waals surface area contributed by atoms with Crippen LogP contribution in [-0.4, -0.2) is 62.0 Å². The Labute approximate surface area is 244 Å². The molecule has 1 saturated heterocycles. The Morgan fingerprint density at radius 2 is 1.78 bits per heavy atom. The average molecular weight is 615 g/mol. The van der Waals surface area contributed by atoms with Crippen molar-refractivity contribution in [3.05, 3.63) is 52.8 Å². The average Bonchev–Trinajstić information content (AvgIpc) is 3.60. The molecule has 41 heavy (non-hydrogen) atoms. The highest BCUT2D eigenvalue weighted by atomic mass is 79.9. The van der Waals surface area contributed by atoms with Crippen LogP contribution >= 0.6 is 15.9 Å². The number of nitrogen functional groups attached to an aromatic ring is 1. The number of nitriles is 1. The number of benzene rings is 2. The Morgan fingerprint density at radius 1 is 1.02 bits per heavy atom. The van der Waals surface area contributed by atoms with Gasteiger partial charge in [0.25, 0.3) is 6.01 Å². The van der Waals surface area contributed by atoms with E-state index >= 15 is 0 Å². The van der Waals surface area contributed by atoms with Crippen LogP contribution in [0.3, 0.4) is 0 Å². The molecule has 4 heterocycles. The van der Waals surface area contributed by atoms with Gasteiger partial charge in [0.2, 0.25) is 0 Å². The van der Waals surface area contributed by atoms with E-state index in [9.17, 15) is 5.26 Å². The molecule has 0 bridgehead atoms. The molecule has 0 amide bonds. The van der Waals surface area contributed by atoms with Crippen molar-refractivity contribution >= 4 is 55.6 Å². The van der Waals surface area contributed by atoms with Crippen molar-refractivity contribution in [2.75, 3.05) is 37.4 Å². The minimum absolute atomic E-state index is 0.260. The summed E-state index contributed by atoms with van der Waals surface area (Å²) in [6.07, 6.45) is 5.86. The predicted molar refractivity (Wildman–Crippen MR) is 159 cm³/mol. The lowest BCUT2D eigenvalue weighted by atomic mass is 9.90. The fourth-order valence-electron chi connectivity index (χ4n) is 6.03. The first-order valence-electron chi connectivity index (χ1n) is 13.8. The van der Waals surface area contributed by atoms with E-state index in [0.717, 1.165) is 84.4 Å². The van der Waals surface area contributed by atoms with Gasteiger partial charge in [-0.3, -0.25) is 4.90 Å². The highest BCUT2D eigenvalue weighted by molar-refractivity contribution is 9.10. The maximum absolute atomic E-state index is 9.43. The highest BCUT2D eigenvalue weighted by Crippen LogP contribution is 2.37. The summed E-state index contributed by atoms with van der Waals surface area (Å²) in [5, 5.41) is 18.5. The SMILES string of the molecule is N#Cc1cc(Br)cc2nc(Nc3ccc(-c4nn([C@H]5CC[C@H](N6CCOCC6)CC5)c5ncnc(N)c45)cc3)oc12. The first-order valence-corrected chi connectivity index (χ1v) is 14.5. The van der Waals surface area contributed by atoms with Crippen molar-refractivity contribution in [3.8, 4) is 17.3 Å². The maximum Gasteiger partial charge on any atom is 0.300 e. The lowest BCUT2D eigenvalue weighted by Gasteiger charge is -2.38. The molecule has 2 fully saturated rings. The van der Waals surface area contributed by atoms with Gasteiger partial charge in [-0.1, -0.05) is 28.1 Å². The van der Waals surface area contributed by atoms with Crippen LogP contribution in [0, 0.1) is 11.3 Å². The van der Waals surface area contributed by atoms with Crippen molar-refractivity contribution in [3.63, 3.8) is 0 Å². The van der Waals surface area contributed by atoms with Gasteiger partial charge in [0.15, 0.2) is 11.2 Å². The summed E-state index contributed by atoms with van der Waals surface area (Å²) in [6.45, 7) is 3.69. The van der Waals surface area contributed by atoms with Crippen molar-refractivity contribution in [1.29, 1.82) is 5.26 Å². The summed E-state index contributed by atoms with van der Waals surface area (Å²) < 4.78 is 14.2. The number of oxazole rings is 1. The number of nitrogens with two attached hydrogens (primary N) is 1. The van der Waals surface area contributed by atoms with Gasteiger partial charge in [0, 0.05) is 34.9 Å². The van der Waals surface area contributed by atoms with Crippen LogP contribution in [0.1, 0.15) is 37.3 Å². The second-order valence-electron chi connectivity index (χ2n) is 10.5. The molecule has 208 valence electrons. The third kappa shape index (κ3) is 4.90. The Hall–Kier alpha value is -4.05. The monoisotopic (exact) mass is 613 g/mol. The van der Waals surface area contributed by atoms with Gasteiger partial charge >= 0.3 is 0 Å². The van der Waals surface area contributed by atoms with Crippen molar-refractivity contribution in [1.82, 2.24) is 29.6 Å². The summed E-state index contributed by atoms with van der Waals surface area (Å²) in [4.78, 5) is 15.9. The summed E-state index contributed by atoms with van der Waals surface area (Å²) in [5.41, 5.74) is 11.1. The number of hydrogen-bond acceptors (Lipinski definition) is 10. The standard InChI is InChI=1S/C29H28BrN9O2/c30-19-13-18(15-31)26-23(14-19)36-29(41-26)35-20-3-1-17(2-4-20)25-24-27(32)33-16-34-28(24)39(37-25)22-7-5-21(6-8-22)38-9-11-40-12-10-38/h1-4,13-14,16,21-22H,5-12H2,(H,35,36)(H2,32,33,34)/t21-,22-. The lowest BCUT2D eigenvalue weighted by Crippen LogP contribution is -2.45. The van der Waals surface area contributed by atoms with E-state index in [1.54, 1.807) is 6.07 Å². The number of fused-ring (bicyclic) bond motifs is 2. The van der Waals surface area contributed by atoms with E-state index in [1.165, 1.54) is 6.33 Å². The number of halogens is 1. The molecule has 7 rings (SSSR count). The molecule has 11 nitrogen and oxygen atoms in total. The van der Waals surface area contributed by atoms with E-state index in [4.69, 9.17) is 20.0 Å². The van der Waals surface area contributed by atoms with Gasteiger partial charge < -0.3 is 20.2 Å². The molecule has 2 aromatic carbocycles. The Morgan fingerprint density at radius 3 is 2.54 bits per heavy atom. The number of ether oxygens (including phenoxy) is 1. The zero-order valence-corrected chi connectivity index (χ0v) is 23.8. The molecule has 3 aromatic heterocycles. The van der Waals surface area contributed by atoms with Crippen LogP contribution in [0.25, 0.3) is 33.4 Å². The van der Waals surface area contributed by atoms with Crippen molar-refractivity contribution < 1.29 is 9.15 Å². The molecule has 3 N–H and O–H groups in total. The normalized spacial score (nSPS) is 19.9. The van der Waals surface area contributed by atoms with Gasteiger partial charge in [-0.05, 0) is 49.9 Å². The van der Waals surface area contributed by atoms with Gasteiger partial charge in [-0.2, -0.15) is 15.3 Å². The molecular weight excluding hydrogens is 586 g/mol. The van der Waals surface area contributed by atoms with Gasteiger partial charge in [0.05, 0.1) is 30.2 Å². The molecule has 0 unspecified atom stereocenters. The largest absolute Gasteiger partial charge is 0.422 e. The molecule has 1 aliphatic heterocycles. The van der Waals surface area contributed by atoms with E-state index in [0.29, 0.717) is 34.5 Å². The van der Waals surface area contributed by atoms with Gasteiger partial charge in [-0.15, -0.1) is 0 Å². The molecule has 5 aromatic rings. The fourth-order valence-corrected chi connectivity index (χ4v) is 6.48. The first kappa shape index (κ1) is 25.9. The Kier molecular flexibility index (Phi) is 6.78. The number of anilines is 3. The third-order valence-electron chi connectivity index (χ3n) is 8.08. The zero-order valence-electron chi connectivity index (χ0n) is 22.3. The van der Waals surface area contributed by atoms with Crippen molar-refractivity contribution in [2.24, 2.45) is 0 Å². The van der Waals surface area contributed by atoms with Crippen LogP contribution in [0.2, 0.25) is 0 Å². The van der Waals surface area contributed by atoms with Crippen molar-refractivity contribution in [2.45, 2.75) is 37.8 Å². The quantitative estimate of drug-likeness (QED) is 0.264. The van der Waals surface area contributed by atoms with E-state index in [1.807, 2.05) is 30.3 Å². The fraction of sp³-hybridized carbons (Fsp3) is 0.345. The summed E-state index contributed by atoms with van der Waals surface area (Å²) in [7, 11) is 0. The van der Waals surface area contributed by atoms with Crippen LogP contribution in [0.15, 0.2) is 51.6 Å². The van der Waals surface area contributed by atoms with E-state index in [-0.39, 0.29) is 6.04 Å². The second kappa shape index (κ2) is 10.7. The van der Waals surface area contributed by atoms with Gasteiger partial charge in [-0.25, -0.2) is 14.6 Å². The molecule has 0 atom stereocenters. The smallest absolute Gasteiger partial charge is 0.300 e. The summed E-state index contributed by atoms with van der Waals surface area (Å²) in [6, 6.07) is 14.7. The molecule has 0 radical (unpaired) electrons. The summed E-state index contributed by atoms with van der Waals surface area (Å²) >= 11 is 3.41. The Balaban J connectivity index is 1.14. The zero-order chi connectivity index (χ0) is 27.9. The van der Waals surface area contributed by atoms with Crippen LogP contribution in [-0.2, 0) is 4.74 Å². The number of hydrogen-bond donors (Lipinski definition) is 2. The molecule has 0 spiro atoms. The number of rotatable bonds is 5. The minimum atomic E-state index is 0.260. The van der Waals surface area contributed by atoms with E-state index in [2.05, 4.69) is 51.8 Å². The number of nitrogens with one attached hydrogen (secondary N) is 1. The molecule has 1 saturated carbocycles. The number of morpholine rings is 1. The van der Waals surface area contributed by atoms with Gasteiger partial charge in [0.1, 0.15) is 29.4 Å². The lowest BCUT2D eigenvalue weighted by molar-refractivity contribution is 0.00520. The molecule has 12 heteroatoms. The topological polar surface area (TPSA) is 144 Å². The highest BCUT2D eigenvalue weighted by Gasteiger charge is 2.30. The maximum atomic E-state index is 9.43. The van der Waals surface area contributed by atoms with E-state index < -0.39 is 0 Å². The molecular formula is C29H28BrN9O2.